The zero-order valence-electron chi connectivity index (χ0n) is 21.5. The molecule has 1 aliphatic rings. The van der Waals surface area contributed by atoms with Gasteiger partial charge < -0.3 is 25.2 Å². The fourth-order valence-corrected chi connectivity index (χ4v) is 6.65. The fraction of sp³-hybridized carbons (Fsp3) is 0.478. The van der Waals surface area contributed by atoms with Crippen LogP contribution in [-0.4, -0.2) is 82.7 Å². The molecule has 5 N–H and O–H groups in total. The first kappa shape index (κ1) is 30.6. The molecule has 39 heavy (non-hydrogen) atoms. The van der Waals surface area contributed by atoms with Crippen molar-refractivity contribution in [1.29, 1.82) is 0 Å². The van der Waals surface area contributed by atoms with Gasteiger partial charge in [0.2, 0.25) is 5.88 Å². The molecule has 0 bridgehead atoms. The summed E-state index contributed by atoms with van der Waals surface area (Å²) in [6.07, 6.45) is -7.53. The van der Waals surface area contributed by atoms with Crippen LogP contribution in [0.4, 0.5) is 30.4 Å². The molecule has 216 valence electrons. The van der Waals surface area contributed by atoms with Crippen molar-refractivity contribution in [2.24, 2.45) is 0 Å². The maximum absolute atomic E-state index is 13.3. The first-order chi connectivity index (χ1) is 18.2. The standard InChI is InChI=1S/C23H32F3N5O6SSi/c1-39(2)12-9-31(10-13-39)18-14-16(30-38(35,36)27-8-11-32)6-7-17(18)22(34)29-20-4-3-5-21(28-20)37-15-19(33)23(24,25)26/h3-7,14,19,27,30,32-33H,8-13,15H2,1-2H3,(H,28,29,34)/t19-/m1/s1. The average Bonchev–Trinajstić information content (AvgIpc) is 2.85. The van der Waals surface area contributed by atoms with Crippen molar-refractivity contribution in [2.75, 3.05) is 47.8 Å². The summed E-state index contributed by atoms with van der Waals surface area (Å²) < 4.78 is 71.6. The van der Waals surface area contributed by atoms with Crippen LogP contribution < -0.4 is 24.4 Å². The summed E-state index contributed by atoms with van der Waals surface area (Å²) in [5.41, 5.74) is 0.953. The number of rotatable bonds is 11. The van der Waals surface area contributed by atoms with E-state index in [1.807, 2.05) is 4.90 Å². The Balaban J connectivity index is 1.82. The molecule has 11 nitrogen and oxygen atoms in total. The topological polar surface area (TPSA) is 153 Å². The van der Waals surface area contributed by atoms with E-state index < -0.39 is 43.1 Å². The molecule has 0 radical (unpaired) electrons. The molecule has 2 heterocycles. The molecule has 1 aromatic carbocycles. The molecule has 2 aromatic rings. The second kappa shape index (κ2) is 12.5. The van der Waals surface area contributed by atoms with Crippen LogP contribution in [0.15, 0.2) is 36.4 Å². The lowest BCUT2D eigenvalue weighted by Crippen LogP contribution is -2.43. The van der Waals surface area contributed by atoms with Crippen molar-refractivity contribution >= 4 is 41.4 Å². The first-order valence-electron chi connectivity index (χ1n) is 12.1. The minimum atomic E-state index is -4.84. The van der Waals surface area contributed by atoms with E-state index in [0.717, 1.165) is 12.1 Å². The Labute approximate surface area is 225 Å². The lowest BCUT2D eigenvalue weighted by Gasteiger charge is -2.38. The summed E-state index contributed by atoms with van der Waals surface area (Å²) in [5.74, 6) is -0.783. The molecule has 1 aromatic heterocycles. The van der Waals surface area contributed by atoms with E-state index in [9.17, 15) is 26.4 Å². The monoisotopic (exact) mass is 591 g/mol. The van der Waals surface area contributed by atoms with Gasteiger partial charge in [-0.1, -0.05) is 19.2 Å². The van der Waals surface area contributed by atoms with Gasteiger partial charge >= 0.3 is 6.18 Å². The van der Waals surface area contributed by atoms with E-state index in [1.54, 1.807) is 6.07 Å². The third-order valence-electron chi connectivity index (χ3n) is 6.09. The van der Waals surface area contributed by atoms with Gasteiger partial charge in [0, 0.05) is 25.7 Å². The maximum Gasteiger partial charge on any atom is 0.417 e. The predicted octanol–water partition coefficient (Wildman–Crippen LogP) is 2.40. The minimum Gasteiger partial charge on any atom is -0.474 e. The molecule has 16 heteroatoms. The lowest BCUT2D eigenvalue weighted by molar-refractivity contribution is -0.210. The van der Waals surface area contributed by atoms with Gasteiger partial charge in [0.05, 0.1) is 31.6 Å². The summed E-state index contributed by atoms with van der Waals surface area (Å²) >= 11 is 0. The molecule has 1 saturated heterocycles. The van der Waals surface area contributed by atoms with E-state index >= 15 is 0 Å². The van der Waals surface area contributed by atoms with Gasteiger partial charge in [-0.05, 0) is 36.4 Å². The van der Waals surface area contributed by atoms with Crippen LogP contribution in [0.2, 0.25) is 25.2 Å². The van der Waals surface area contributed by atoms with E-state index in [2.05, 4.69) is 32.8 Å². The number of ether oxygens (including phenoxy) is 1. The molecule has 1 fully saturated rings. The quantitative estimate of drug-likeness (QED) is 0.250. The first-order valence-corrected chi connectivity index (χ1v) is 17.0. The van der Waals surface area contributed by atoms with Crippen LogP contribution in [0, 0.1) is 0 Å². The van der Waals surface area contributed by atoms with E-state index in [4.69, 9.17) is 14.9 Å². The largest absolute Gasteiger partial charge is 0.474 e. The number of alkyl halides is 3. The van der Waals surface area contributed by atoms with Crippen LogP contribution in [0.5, 0.6) is 5.88 Å². The number of aromatic nitrogens is 1. The Kier molecular flexibility index (Phi) is 9.82. The molecule has 0 saturated carbocycles. The molecular weight excluding hydrogens is 559 g/mol. The highest BCUT2D eigenvalue weighted by molar-refractivity contribution is 7.90. The number of amides is 1. The van der Waals surface area contributed by atoms with Gasteiger partial charge in [0.25, 0.3) is 16.1 Å². The molecule has 3 rings (SSSR count). The summed E-state index contributed by atoms with van der Waals surface area (Å²) in [5, 5.41) is 20.6. The highest BCUT2D eigenvalue weighted by atomic mass is 32.2. The normalized spacial score (nSPS) is 16.4. The van der Waals surface area contributed by atoms with Crippen molar-refractivity contribution in [3.05, 3.63) is 42.0 Å². The zero-order chi connectivity index (χ0) is 28.8. The number of benzene rings is 1. The number of hydrogen-bond donors (Lipinski definition) is 5. The van der Waals surface area contributed by atoms with Gasteiger partial charge in [-0.15, -0.1) is 0 Å². The third-order valence-corrected chi connectivity index (χ3v) is 10.3. The highest BCUT2D eigenvalue weighted by Crippen LogP contribution is 2.32. The van der Waals surface area contributed by atoms with E-state index in [0.29, 0.717) is 18.8 Å². The smallest absolute Gasteiger partial charge is 0.417 e. The van der Waals surface area contributed by atoms with E-state index in [1.165, 1.54) is 30.3 Å². The molecule has 0 aliphatic carbocycles. The van der Waals surface area contributed by atoms with Gasteiger partial charge in [0.1, 0.15) is 12.4 Å². The van der Waals surface area contributed by atoms with Crippen LogP contribution >= 0.6 is 0 Å². The Bertz CT molecular complexity index is 1260. The minimum absolute atomic E-state index is 0.00937. The van der Waals surface area contributed by atoms with Crippen LogP contribution in [0.3, 0.4) is 0 Å². The molecule has 0 spiro atoms. The second-order valence-electron chi connectivity index (χ2n) is 9.79. The third kappa shape index (κ3) is 9.06. The van der Waals surface area contributed by atoms with Crippen LogP contribution in [-0.2, 0) is 10.2 Å². The highest BCUT2D eigenvalue weighted by Gasteiger charge is 2.38. The number of halogens is 3. The number of aliphatic hydroxyl groups is 2. The summed E-state index contributed by atoms with van der Waals surface area (Å²) in [7, 11) is -5.33. The Morgan fingerprint density at radius 3 is 2.54 bits per heavy atom. The van der Waals surface area contributed by atoms with Crippen molar-refractivity contribution in [2.45, 2.75) is 37.5 Å². The summed E-state index contributed by atoms with van der Waals surface area (Å²) in [6.45, 7) is 4.33. The van der Waals surface area contributed by atoms with Gasteiger partial charge in [-0.25, -0.2) is 0 Å². The number of pyridine rings is 1. The summed E-state index contributed by atoms with van der Waals surface area (Å²) in [4.78, 5) is 19.3. The number of nitrogens with one attached hydrogen (secondary N) is 3. The number of carbonyl (C=O) groups is 1. The molecule has 1 amide bonds. The number of nitrogens with zero attached hydrogens (tertiary/aromatic N) is 2. The maximum atomic E-state index is 13.3. The molecule has 0 unspecified atom stereocenters. The average molecular weight is 592 g/mol. The number of aliphatic hydroxyl groups excluding tert-OH is 2. The number of hydrogen-bond acceptors (Lipinski definition) is 8. The zero-order valence-corrected chi connectivity index (χ0v) is 23.3. The Morgan fingerprint density at radius 1 is 1.21 bits per heavy atom. The number of anilines is 3. The molecular formula is C23H32F3N5O6SSi. The van der Waals surface area contributed by atoms with Gasteiger partial charge in [0.15, 0.2) is 6.10 Å². The molecule has 1 aliphatic heterocycles. The van der Waals surface area contributed by atoms with Crippen molar-refractivity contribution in [3.8, 4) is 5.88 Å². The van der Waals surface area contributed by atoms with E-state index in [-0.39, 0.29) is 36.1 Å². The Hall–Kier alpha value is -2.92. The Morgan fingerprint density at radius 2 is 1.90 bits per heavy atom. The lowest BCUT2D eigenvalue weighted by atomic mass is 10.1. The van der Waals surface area contributed by atoms with Crippen LogP contribution in [0.25, 0.3) is 0 Å². The van der Waals surface area contributed by atoms with Crippen molar-refractivity contribution < 1.29 is 41.3 Å². The summed E-state index contributed by atoms with van der Waals surface area (Å²) in [6, 6.07) is 10.5. The number of carbonyl (C=O) groups excluding carboxylic acids is 1. The fourth-order valence-electron chi connectivity index (χ4n) is 3.78. The second-order valence-corrected chi connectivity index (χ2v) is 16.6. The van der Waals surface area contributed by atoms with Crippen LogP contribution in [0.1, 0.15) is 10.4 Å². The molecule has 1 atom stereocenters. The predicted molar refractivity (Wildman–Crippen MR) is 143 cm³/mol. The van der Waals surface area contributed by atoms with Gasteiger partial charge in [-0.3, -0.25) is 9.52 Å². The van der Waals surface area contributed by atoms with Gasteiger partial charge in [-0.2, -0.15) is 31.3 Å². The van der Waals surface area contributed by atoms with Crippen molar-refractivity contribution in [1.82, 2.24) is 9.71 Å². The van der Waals surface area contributed by atoms with Crippen molar-refractivity contribution in [3.63, 3.8) is 0 Å². The SMILES string of the molecule is C[Si]1(C)CCN(c2cc(NS(=O)(=O)NCCO)ccc2C(=O)Nc2cccc(OC[C@@H](O)C(F)(F)F)n2)CC1.